The minimum Gasteiger partial charge on any atom is -0.343 e. The molecular weight excluding hydrogens is 349 g/mol. The van der Waals surface area contributed by atoms with Crippen molar-refractivity contribution < 1.29 is 9.32 Å². The van der Waals surface area contributed by atoms with Gasteiger partial charge in [-0.1, -0.05) is 47.3 Å². The van der Waals surface area contributed by atoms with E-state index in [4.69, 9.17) is 27.7 Å². The van der Waals surface area contributed by atoms with E-state index >= 15 is 0 Å². The quantitative estimate of drug-likeness (QED) is 0.859. The molecule has 128 valence electrons. The third kappa shape index (κ3) is 3.73. The lowest BCUT2D eigenvalue weighted by atomic mass is 9.96. The summed E-state index contributed by atoms with van der Waals surface area (Å²) in [4.78, 5) is 16.8. The Kier molecular flexibility index (Phi) is 5.11. The van der Waals surface area contributed by atoms with Crippen LogP contribution in [0, 0.1) is 6.92 Å². The van der Waals surface area contributed by atoms with Gasteiger partial charge in [-0.15, -0.1) is 0 Å². The number of aromatic nitrogens is 2. The second kappa shape index (κ2) is 7.11. The van der Waals surface area contributed by atoms with E-state index in [1.807, 2.05) is 6.07 Å². The highest BCUT2D eigenvalue weighted by Gasteiger charge is 2.41. The largest absolute Gasteiger partial charge is 0.343 e. The number of hydrogen-bond acceptors (Lipinski definition) is 4. The van der Waals surface area contributed by atoms with E-state index in [-0.39, 0.29) is 5.91 Å². The van der Waals surface area contributed by atoms with Crippen molar-refractivity contribution in [2.75, 3.05) is 0 Å². The second-order valence-corrected chi connectivity index (χ2v) is 7.05. The van der Waals surface area contributed by atoms with E-state index in [1.54, 1.807) is 19.1 Å². The van der Waals surface area contributed by atoms with Gasteiger partial charge in [-0.25, -0.2) is 0 Å². The first-order valence-electron chi connectivity index (χ1n) is 8.04. The Balaban J connectivity index is 1.66. The van der Waals surface area contributed by atoms with Gasteiger partial charge in [0.05, 0.1) is 0 Å². The average molecular weight is 368 g/mol. The normalized spacial score (nSPS) is 16.3. The molecule has 7 heteroatoms. The predicted octanol–water partition coefficient (Wildman–Crippen LogP) is 4.20. The van der Waals surface area contributed by atoms with Crippen LogP contribution >= 0.6 is 23.2 Å². The van der Waals surface area contributed by atoms with Crippen LogP contribution in [0.4, 0.5) is 0 Å². The summed E-state index contributed by atoms with van der Waals surface area (Å²) in [6, 6.07) is 5.32. The van der Waals surface area contributed by atoms with Crippen molar-refractivity contribution in [3.63, 3.8) is 0 Å². The molecular formula is C17H19Cl2N3O2. The minimum atomic E-state index is -0.501. The van der Waals surface area contributed by atoms with Gasteiger partial charge in [0.2, 0.25) is 11.8 Å². The summed E-state index contributed by atoms with van der Waals surface area (Å²) in [7, 11) is 0. The van der Waals surface area contributed by atoms with Gasteiger partial charge in [0, 0.05) is 23.4 Å². The number of carbonyl (C=O) groups excluding carboxylic acids is 1. The van der Waals surface area contributed by atoms with Crippen LogP contribution in [0.5, 0.6) is 0 Å². The van der Waals surface area contributed by atoms with Crippen molar-refractivity contribution in [3.8, 4) is 0 Å². The number of nitrogens with one attached hydrogen (secondary N) is 1. The lowest BCUT2D eigenvalue weighted by molar-refractivity contribution is -0.123. The van der Waals surface area contributed by atoms with Crippen molar-refractivity contribution in [2.45, 2.75) is 51.0 Å². The number of carbonyl (C=O) groups is 1. The minimum absolute atomic E-state index is 0.0367. The van der Waals surface area contributed by atoms with Gasteiger partial charge in [0.25, 0.3) is 0 Å². The number of aryl methyl sites for hydroxylation is 2. The maximum atomic E-state index is 12.5. The molecule has 1 aliphatic rings. The van der Waals surface area contributed by atoms with Gasteiger partial charge in [-0.2, -0.15) is 4.98 Å². The molecule has 5 nitrogen and oxygen atoms in total. The summed E-state index contributed by atoms with van der Waals surface area (Å²) in [6.07, 6.45) is 4.65. The Labute approximate surface area is 150 Å². The Morgan fingerprint density at radius 2 is 2.08 bits per heavy atom. The number of hydrogen-bond donors (Lipinski definition) is 1. The Hall–Kier alpha value is -1.59. The highest BCUT2D eigenvalue weighted by atomic mass is 35.5. The first-order chi connectivity index (χ1) is 11.5. The Morgan fingerprint density at radius 3 is 2.71 bits per heavy atom. The molecule has 1 aromatic heterocycles. The van der Waals surface area contributed by atoms with Gasteiger partial charge in [-0.3, -0.25) is 4.79 Å². The summed E-state index contributed by atoms with van der Waals surface area (Å²) in [5.74, 6) is 1.05. The van der Waals surface area contributed by atoms with E-state index in [1.165, 1.54) is 0 Å². The third-order valence-electron chi connectivity index (χ3n) is 4.43. The van der Waals surface area contributed by atoms with E-state index in [0.29, 0.717) is 34.6 Å². The molecule has 1 heterocycles. The summed E-state index contributed by atoms with van der Waals surface area (Å²) < 4.78 is 5.10. The van der Waals surface area contributed by atoms with Crippen LogP contribution in [0.3, 0.4) is 0 Å². The first kappa shape index (κ1) is 17.2. The van der Waals surface area contributed by atoms with Crippen LogP contribution in [-0.4, -0.2) is 16.0 Å². The van der Waals surface area contributed by atoms with Gasteiger partial charge in [-0.05, 0) is 37.0 Å². The molecule has 3 rings (SSSR count). The molecule has 0 atom stereocenters. The average Bonchev–Trinajstić information content (AvgIpc) is 3.16. The lowest BCUT2D eigenvalue weighted by Crippen LogP contribution is -2.44. The lowest BCUT2D eigenvalue weighted by Gasteiger charge is -2.26. The molecule has 0 bridgehead atoms. The number of benzene rings is 1. The summed E-state index contributed by atoms with van der Waals surface area (Å²) >= 11 is 12.1. The topological polar surface area (TPSA) is 68.0 Å². The fourth-order valence-corrected chi connectivity index (χ4v) is 3.68. The molecule has 1 aliphatic carbocycles. The number of rotatable bonds is 5. The highest BCUT2D eigenvalue weighted by Crippen LogP contribution is 2.37. The summed E-state index contributed by atoms with van der Waals surface area (Å²) in [5.41, 5.74) is 0.408. The smallest absolute Gasteiger partial charge is 0.223 e. The molecule has 1 aromatic carbocycles. The molecule has 0 spiro atoms. The molecule has 0 radical (unpaired) electrons. The maximum Gasteiger partial charge on any atom is 0.223 e. The predicted molar refractivity (Wildman–Crippen MR) is 92.1 cm³/mol. The van der Waals surface area contributed by atoms with Crippen LogP contribution in [0.25, 0.3) is 0 Å². The van der Waals surface area contributed by atoms with E-state index < -0.39 is 5.54 Å². The molecule has 1 N–H and O–H groups in total. The van der Waals surface area contributed by atoms with E-state index in [0.717, 1.165) is 31.2 Å². The van der Waals surface area contributed by atoms with Crippen LogP contribution in [-0.2, 0) is 16.8 Å². The Bertz CT molecular complexity index is 739. The molecule has 0 aliphatic heterocycles. The van der Waals surface area contributed by atoms with Crippen molar-refractivity contribution in [1.82, 2.24) is 15.5 Å². The molecule has 0 saturated heterocycles. The highest BCUT2D eigenvalue weighted by molar-refractivity contribution is 6.35. The van der Waals surface area contributed by atoms with Gasteiger partial charge >= 0.3 is 0 Å². The van der Waals surface area contributed by atoms with E-state index in [2.05, 4.69) is 15.5 Å². The van der Waals surface area contributed by atoms with Crippen molar-refractivity contribution >= 4 is 29.1 Å². The van der Waals surface area contributed by atoms with Crippen LogP contribution < -0.4 is 5.32 Å². The van der Waals surface area contributed by atoms with Crippen LogP contribution in [0.2, 0.25) is 10.0 Å². The Morgan fingerprint density at radius 1 is 1.33 bits per heavy atom. The van der Waals surface area contributed by atoms with Crippen LogP contribution in [0.15, 0.2) is 22.7 Å². The van der Waals surface area contributed by atoms with Gasteiger partial charge in [0.1, 0.15) is 5.54 Å². The fourth-order valence-electron chi connectivity index (χ4n) is 3.18. The summed E-state index contributed by atoms with van der Waals surface area (Å²) in [5, 5.41) is 8.33. The number of halogens is 2. The molecule has 1 fully saturated rings. The zero-order valence-corrected chi connectivity index (χ0v) is 15.0. The maximum absolute atomic E-state index is 12.5. The fraction of sp³-hybridized carbons (Fsp3) is 0.471. The molecule has 1 amide bonds. The molecule has 0 unspecified atom stereocenters. The number of amides is 1. The zero-order valence-electron chi connectivity index (χ0n) is 13.4. The van der Waals surface area contributed by atoms with Crippen molar-refractivity contribution in [3.05, 3.63) is 45.5 Å². The molecule has 1 saturated carbocycles. The van der Waals surface area contributed by atoms with Crippen molar-refractivity contribution in [1.29, 1.82) is 0 Å². The van der Waals surface area contributed by atoms with E-state index in [9.17, 15) is 4.79 Å². The second-order valence-electron chi connectivity index (χ2n) is 6.21. The molecule has 2 aromatic rings. The monoisotopic (exact) mass is 367 g/mol. The van der Waals surface area contributed by atoms with Crippen LogP contribution in [0.1, 0.15) is 49.4 Å². The standard InChI is InChI=1S/C17H19Cl2N3O2/c1-11-20-16(22-24-11)17(8-2-3-9-17)21-15(23)7-5-12-4-6-13(18)10-14(12)19/h4,6,10H,2-3,5,7-9H2,1H3,(H,21,23). The first-order valence-corrected chi connectivity index (χ1v) is 8.80. The SMILES string of the molecule is Cc1nc(C2(NC(=O)CCc3ccc(Cl)cc3Cl)CCCC2)no1. The molecule has 24 heavy (non-hydrogen) atoms. The number of nitrogens with zero attached hydrogens (tertiary/aromatic N) is 2. The van der Waals surface area contributed by atoms with Crippen molar-refractivity contribution in [2.24, 2.45) is 0 Å². The van der Waals surface area contributed by atoms with Gasteiger partial charge < -0.3 is 9.84 Å². The third-order valence-corrected chi connectivity index (χ3v) is 5.01. The zero-order chi connectivity index (χ0) is 17.2. The van der Waals surface area contributed by atoms with Gasteiger partial charge in [0.15, 0.2) is 5.82 Å². The summed E-state index contributed by atoms with van der Waals surface area (Å²) in [6.45, 7) is 1.75.